The fourth-order valence-corrected chi connectivity index (χ4v) is 3.04. The Morgan fingerprint density at radius 3 is 2.78 bits per heavy atom. The van der Waals surface area contributed by atoms with Gasteiger partial charge in [-0.1, -0.05) is 19.8 Å². The van der Waals surface area contributed by atoms with E-state index in [1.54, 1.807) is 0 Å². The summed E-state index contributed by atoms with van der Waals surface area (Å²) in [5.74, 6) is 0.555. The van der Waals surface area contributed by atoms with Gasteiger partial charge in [-0.2, -0.15) is 12.6 Å². The number of pyridine rings is 1. The number of aryl methyl sites for hydroxylation is 1. The van der Waals surface area contributed by atoms with Gasteiger partial charge < -0.3 is 4.57 Å². The third-order valence-electron chi connectivity index (χ3n) is 3.83. The molecule has 0 aromatic carbocycles. The molecule has 2 rings (SSSR count). The van der Waals surface area contributed by atoms with Crippen molar-refractivity contribution < 1.29 is 0 Å². The molecule has 0 radical (unpaired) electrons. The first kappa shape index (κ1) is 13.7. The average Bonchev–Trinajstić information content (AvgIpc) is 2.41. The molecule has 2 nitrogen and oxygen atoms in total. The minimum atomic E-state index is 0.196. The summed E-state index contributed by atoms with van der Waals surface area (Å²) in [6.07, 6.45) is 8.19. The number of unbranched alkanes of at least 4 members (excludes halogenated alkanes) is 2. The van der Waals surface area contributed by atoms with E-state index in [1.807, 2.05) is 4.57 Å². The zero-order chi connectivity index (χ0) is 13.0. The number of rotatable bonds is 5. The fourth-order valence-electron chi connectivity index (χ4n) is 2.81. The molecule has 0 fully saturated rings. The van der Waals surface area contributed by atoms with Crippen LogP contribution < -0.4 is 5.56 Å². The van der Waals surface area contributed by atoms with E-state index >= 15 is 0 Å². The number of hydrogen-bond donors (Lipinski definition) is 1. The normalized spacial score (nSPS) is 14.6. The highest BCUT2D eigenvalue weighted by molar-refractivity contribution is 7.79. The molecule has 100 valence electrons. The molecular weight excluding hydrogens is 242 g/mol. The van der Waals surface area contributed by atoms with Crippen LogP contribution in [0, 0.1) is 0 Å². The van der Waals surface area contributed by atoms with Gasteiger partial charge in [0.1, 0.15) is 0 Å². The van der Waals surface area contributed by atoms with Crippen LogP contribution in [0.4, 0.5) is 0 Å². The van der Waals surface area contributed by atoms with Crippen molar-refractivity contribution in [2.45, 2.75) is 64.2 Å². The number of fused-ring (bicyclic) bond motifs is 1. The second-order valence-electron chi connectivity index (χ2n) is 5.17. The van der Waals surface area contributed by atoms with Gasteiger partial charge in [-0.25, -0.2) is 0 Å². The number of nitrogens with zero attached hydrogens (tertiary/aromatic N) is 1. The molecule has 1 aromatic rings. The summed E-state index contributed by atoms with van der Waals surface area (Å²) in [6, 6.07) is 2.10. The van der Waals surface area contributed by atoms with E-state index in [1.165, 1.54) is 36.9 Å². The van der Waals surface area contributed by atoms with Crippen molar-refractivity contribution in [3.05, 3.63) is 33.2 Å². The third kappa shape index (κ3) is 2.82. The Kier molecular flexibility index (Phi) is 4.93. The van der Waals surface area contributed by atoms with Crippen LogP contribution in [0.3, 0.4) is 0 Å². The lowest BCUT2D eigenvalue weighted by molar-refractivity contribution is 0.534. The predicted octanol–water partition coefficient (Wildman–Crippen LogP) is 3.35. The molecule has 0 saturated carbocycles. The van der Waals surface area contributed by atoms with Gasteiger partial charge in [-0.15, -0.1) is 0 Å². The number of thiol groups is 1. The Morgan fingerprint density at radius 1 is 1.28 bits per heavy atom. The number of hydrogen-bond acceptors (Lipinski definition) is 2. The molecule has 1 heterocycles. The Labute approximate surface area is 115 Å². The highest BCUT2D eigenvalue weighted by Crippen LogP contribution is 2.21. The zero-order valence-electron chi connectivity index (χ0n) is 11.2. The maximum absolute atomic E-state index is 12.4. The monoisotopic (exact) mass is 265 g/mol. The van der Waals surface area contributed by atoms with Gasteiger partial charge in [-0.05, 0) is 43.7 Å². The topological polar surface area (TPSA) is 22.0 Å². The van der Waals surface area contributed by atoms with Crippen molar-refractivity contribution in [2.75, 3.05) is 0 Å². The van der Waals surface area contributed by atoms with E-state index in [9.17, 15) is 4.79 Å². The minimum Gasteiger partial charge on any atom is -0.312 e. The maximum atomic E-state index is 12.4. The fraction of sp³-hybridized carbons (Fsp3) is 0.667. The largest absolute Gasteiger partial charge is 0.312 e. The summed E-state index contributed by atoms with van der Waals surface area (Å²) < 4.78 is 2.04. The second kappa shape index (κ2) is 6.46. The van der Waals surface area contributed by atoms with Crippen molar-refractivity contribution in [3.63, 3.8) is 0 Å². The summed E-state index contributed by atoms with van der Waals surface area (Å²) in [6.45, 7) is 3.08. The average molecular weight is 265 g/mol. The van der Waals surface area contributed by atoms with Crippen LogP contribution in [-0.4, -0.2) is 4.57 Å². The molecule has 0 amide bonds. The zero-order valence-corrected chi connectivity index (χ0v) is 12.1. The van der Waals surface area contributed by atoms with Crippen LogP contribution in [0.2, 0.25) is 0 Å². The molecule has 18 heavy (non-hydrogen) atoms. The van der Waals surface area contributed by atoms with Crippen LogP contribution in [0.1, 0.15) is 55.8 Å². The Morgan fingerprint density at radius 2 is 2.06 bits per heavy atom. The summed E-state index contributed by atoms with van der Waals surface area (Å²) >= 11 is 4.29. The SMILES string of the molecule is CCCCCn1c2c(cc(CS)c1=O)CCCC2. The maximum Gasteiger partial charge on any atom is 0.254 e. The predicted molar refractivity (Wildman–Crippen MR) is 79.6 cm³/mol. The molecule has 0 bridgehead atoms. The smallest absolute Gasteiger partial charge is 0.254 e. The van der Waals surface area contributed by atoms with Crippen molar-refractivity contribution in [1.82, 2.24) is 4.57 Å². The summed E-state index contributed by atoms with van der Waals surface area (Å²) in [5.41, 5.74) is 3.76. The number of aromatic nitrogens is 1. The first-order chi connectivity index (χ1) is 8.77. The Balaban J connectivity index is 2.37. The summed E-state index contributed by atoms with van der Waals surface area (Å²) in [7, 11) is 0. The van der Waals surface area contributed by atoms with Crippen molar-refractivity contribution in [2.24, 2.45) is 0 Å². The molecule has 1 aliphatic carbocycles. The first-order valence-corrected chi connectivity index (χ1v) is 7.76. The van der Waals surface area contributed by atoms with Crippen molar-refractivity contribution in [3.8, 4) is 0 Å². The second-order valence-corrected chi connectivity index (χ2v) is 5.49. The van der Waals surface area contributed by atoms with Crippen LogP contribution in [0.5, 0.6) is 0 Å². The lowest BCUT2D eigenvalue weighted by Gasteiger charge is -2.22. The van der Waals surface area contributed by atoms with Crippen LogP contribution >= 0.6 is 12.6 Å². The van der Waals surface area contributed by atoms with Gasteiger partial charge in [0.15, 0.2) is 0 Å². The molecule has 0 unspecified atom stereocenters. The van der Waals surface area contributed by atoms with E-state index in [-0.39, 0.29) is 5.56 Å². The van der Waals surface area contributed by atoms with Crippen LogP contribution in [0.25, 0.3) is 0 Å². The van der Waals surface area contributed by atoms with Gasteiger partial charge in [0.2, 0.25) is 0 Å². The minimum absolute atomic E-state index is 0.196. The third-order valence-corrected chi connectivity index (χ3v) is 4.17. The van der Waals surface area contributed by atoms with E-state index in [4.69, 9.17) is 0 Å². The molecule has 3 heteroatoms. The van der Waals surface area contributed by atoms with Gasteiger partial charge in [0.05, 0.1) is 0 Å². The van der Waals surface area contributed by atoms with Crippen LogP contribution in [-0.2, 0) is 25.1 Å². The van der Waals surface area contributed by atoms with E-state index in [0.29, 0.717) is 5.75 Å². The highest BCUT2D eigenvalue weighted by atomic mass is 32.1. The van der Waals surface area contributed by atoms with Crippen molar-refractivity contribution in [1.29, 1.82) is 0 Å². The van der Waals surface area contributed by atoms with Crippen LogP contribution in [0.15, 0.2) is 10.9 Å². The summed E-state index contributed by atoms with van der Waals surface area (Å²) in [5, 5.41) is 0. The first-order valence-electron chi connectivity index (χ1n) is 7.13. The standard InChI is InChI=1S/C15H23NOS/c1-2-3-6-9-16-14-8-5-4-7-12(14)10-13(11-18)15(16)17/h10,18H,2-9,11H2,1H3. The van der Waals surface area contributed by atoms with E-state index < -0.39 is 0 Å². The lowest BCUT2D eigenvalue weighted by Crippen LogP contribution is -2.29. The molecule has 1 aliphatic rings. The molecule has 0 aliphatic heterocycles. The Bertz CT molecular complexity index is 464. The van der Waals surface area contributed by atoms with E-state index in [0.717, 1.165) is 31.4 Å². The molecule has 1 aromatic heterocycles. The lowest BCUT2D eigenvalue weighted by atomic mass is 9.94. The molecule has 0 spiro atoms. The van der Waals surface area contributed by atoms with Gasteiger partial charge in [0, 0.05) is 23.6 Å². The Hall–Kier alpha value is -0.700. The molecule has 0 atom stereocenters. The van der Waals surface area contributed by atoms with Gasteiger partial charge in [-0.3, -0.25) is 4.79 Å². The van der Waals surface area contributed by atoms with Gasteiger partial charge in [0.25, 0.3) is 5.56 Å². The molecule has 0 saturated heterocycles. The van der Waals surface area contributed by atoms with Crippen molar-refractivity contribution >= 4 is 12.6 Å². The van der Waals surface area contributed by atoms with E-state index in [2.05, 4.69) is 25.6 Å². The highest BCUT2D eigenvalue weighted by Gasteiger charge is 2.16. The summed E-state index contributed by atoms with van der Waals surface area (Å²) in [4.78, 5) is 12.4. The quantitative estimate of drug-likeness (QED) is 0.640. The molecular formula is C15H23NOS. The van der Waals surface area contributed by atoms with Gasteiger partial charge >= 0.3 is 0 Å². The molecule has 0 N–H and O–H groups in total.